The highest BCUT2D eigenvalue weighted by atomic mass is 16.5. The maximum atomic E-state index is 14.3. The maximum Gasteiger partial charge on any atom is 0.329 e. The predicted molar refractivity (Wildman–Crippen MR) is 232 cm³/mol. The molecule has 1 saturated heterocycles. The van der Waals surface area contributed by atoms with Crippen LogP contribution < -0.4 is 4.73 Å². The number of methoxy groups -OCH3 is 3. The number of nitrogens with zero attached hydrogens (tertiary/aromatic N) is 2. The molecule has 0 aromatic carbocycles. The van der Waals surface area contributed by atoms with Crippen LogP contribution in [0.25, 0.3) is 0 Å². The first-order valence-corrected chi connectivity index (χ1v) is 22.9. The van der Waals surface area contributed by atoms with Crippen molar-refractivity contribution in [1.82, 2.24) is 4.90 Å². The molecule has 63 heavy (non-hydrogen) atoms. The monoisotopic (exact) mass is 888 g/mol. The molecule has 1 aliphatic carbocycles. The lowest BCUT2D eigenvalue weighted by molar-refractivity contribution is -0.909. The van der Waals surface area contributed by atoms with Gasteiger partial charge in [0.25, 0.3) is 11.7 Å². The van der Waals surface area contributed by atoms with Crippen molar-refractivity contribution in [2.45, 2.75) is 172 Å². The summed E-state index contributed by atoms with van der Waals surface area (Å²) in [5.74, 6) is -9.23. The zero-order valence-electron chi connectivity index (χ0n) is 38.5. The minimum absolute atomic E-state index is 0.0159. The van der Waals surface area contributed by atoms with E-state index < -0.39 is 77.8 Å². The van der Waals surface area contributed by atoms with Crippen LogP contribution in [0, 0.1) is 23.7 Å². The summed E-state index contributed by atoms with van der Waals surface area (Å²) in [6.07, 6.45) is 7.95. The summed E-state index contributed by atoms with van der Waals surface area (Å²) < 4.78 is 24.4. The minimum atomic E-state index is -3.04. The highest BCUT2D eigenvalue weighted by Gasteiger charge is 2.48. The van der Waals surface area contributed by atoms with Crippen molar-refractivity contribution in [2.24, 2.45) is 23.7 Å². The van der Waals surface area contributed by atoms with Crippen LogP contribution in [0.3, 0.4) is 0 Å². The molecule has 4 rings (SSSR count). The Bertz CT molecular complexity index is 1730. The average molecular weight is 888 g/mol. The van der Waals surface area contributed by atoms with Crippen LogP contribution in [-0.2, 0) is 44.5 Å². The fraction of sp³-hybridized carbons (Fsp3) is 0.729. The number of aliphatic hydroxyl groups excluding tert-OH is 2. The van der Waals surface area contributed by atoms with E-state index in [1.807, 2.05) is 31.2 Å². The van der Waals surface area contributed by atoms with Crippen molar-refractivity contribution in [3.8, 4) is 0 Å². The first kappa shape index (κ1) is 52.1. The van der Waals surface area contributed by atoms with E-state index in [-0.39, 0.29) is 43.6 Å². The number of hydrogen-bond donors (Lipinski definition) is 5. The van der Waals surface area contributed by atoms with E-state index in [2.05, 4.69) is 0 Å². The zero-order valence-corrected chi connectivity index (χ0v) is 38.5. The van der Waals surface area contributed by atoms with Gasteiger partial charge in [-0.1, -0.05) is 31.6 Å². The van der Waals surface area contributed by atoms with Crippen molar-refractivity contribution in [2.75, 3.05) is 27.9 Å². The number of ether oxygens (including phenoxy) is 4. The van der Waals surface area contributed by atoms with Crippen LogP contribution in [-0.4, -0.2) is 130 Å². The number of hydrogen-bond acceptors (Lipinski definition) is 13. The summed E-state index contributed by atoms with van der Waals surface area (Å²) in [4.78, 5) is 57.3. The molecule has 5 N–H and O–H groups in total. The highest BCUT2D eigenvalue weighted by molar-refractivity contribution is 6.39. The Labute approximate surface area is 373 Å². The third-order valence-electron chi connectivity index (χ3n) is 13.7. The van der Waals surface area contributed by atoms with Crippen molar-refractivity contribution >= 4 is 23.4 Å². The van der Waals surface area contributed by atoms with Crippen molar-refractivity contribution in [3.63, 3.8) is 0 Å². The number of amides is 1. The summed E-state index contributed by atoms with van der Waals surface area (Å²) in [5, 5.41) is 55.2. The lowest BCUT2D eigenvalue weighted by atomic mass is 9.81. The second kappa shape index (κ2) is 24.6. The van der Waals surface area contributed by atoms with E-state index in [0.29, 0.717) is 88.3 Å². The Morgan fingerprint density at radius 3 is 2.30 bits per heavy atom. The van der Waals surface area contributed by atoms with E-state index in [0.717, 1.165) is 15.2 Å². The van der Waals surface area contributed by atoms with Gasteiger partial charge >= 0.3 is 5.97 Å². The average Bonchev–Trinajstić information content (AvgIpc) is 3.26. The molecule has 1 aromatic heterocycles. The van der Waals surface area contributed by atoms with E-state index >= 15 is 0 Å². The maximum absolute atomic E-state index is 14.3. The van der Waals surface area contributed by atoms with Gasteiger partial charge in [0.05, 0.1) is 30.5 Å². The molecule has 0 bridgehead atoms. The van der Waals surface area contributed by atoms with E-state index in [9.17, 15) is 44.8 Å². The second-order valence-electron chi connectivity index (χ2n) is 18.4. The molecule has 2 fully saturated rings. The summed E-state index contributed by atoms with van der Waals surface area (Å²) in [6.45, 7) is 6.93. The number of pyridine rings is 1. The summed E-state index contributed by atoms with van der Waals surface area (Å²) >= 11 is 0. The molecular weight excluding hydrogens is 813 g/mol. The van der Waals surface area contributed by atoms with Crippen LogP contribution >= 0.6 is 0 Å². The Balaban J connectivity index is 1.73. The Kier molecular flexibility index (Phi) is 20.4. The summed E-state index contributed by atoms with van der Waals surface area (Å²) in [6, 6.07) is 4.16. The van der Waals surface area contributed by atoms with Crippen LogP contribution in [0.4, 0.5) is 0 Å². The quantitative estimate of drug-likeness (QED) is 0.0584. The molecule has 3 aliphatic rings. The molecule has 0 radical (unpaired) electrons. The van der Waals surface area contributed by atoms with Crippen LogP contribution in [0.1, 0.15) is 123 Å². The van der Waals surface area contributed by atoms with Gasteiger partial charge < -0.3 is 44.3 Å². The third-order valence-corrected chi connectivity index (χ3v) is 13.7. The molecule has 0 spiro atoms. The molecule has 1 amide bonds. The molecule has 0 unspecified atom stereocenters. The Morgan fingerprint density at radius 2 is 1.62 bits per heavy atom. The number of fused-ring (bicyclic) bond motifs is 1. The van der Waals surface area contributed by atoms with Crippen molar-refractivity contribution < 1.29 is 68.5 Å². The number of ketones is 2. The van der Waals surface area contributed by atoms with Crippen LogP contribution in [0.5, 0.6) is 0 Å². The number of aromatic nitrogens is 1. The van der Waals surface area contributed by atoms with Gasteiger partial charge in [-0.2, -0.15) is 0 Å². The molecule has 15 nitrogen and oxygen atoms in total. The van der Waals surface area contributed by atoms with Gasteiger partial charge in [-0.15, -0.1) is 0 Å². The summed E-state index contributed by atoms with van der Waals surface area (Å²) in [7, 11) is 4.68. The first-order valence-electron chi connectivity index (χ1n) is 22.9. The molecule has 11 atom stereocenters. The van der Waals surface area contributed by atoms with E-state index in [1.165, 1.54) is 14.0 Å². The number of carbonyl (C=O) groups is 4. The number of aliphatic hydroxyl groups is 4. The van der Waals surface area contributed by atoms with Gasteiger partial charge in [-0.3, -0.25) is 19.6 Å². The Morgan fingerprint density at radius 1 is 0.905 bits per heavy atom. The van der Waals surface area contributed by atoms with Crippen molar-refractivity contribution in [1.29, 1.82) is 0 Å². The Hall–Kier alpha value is -3.57. The van der Waals surface area contributed by atoms with Crippen LogP contribution in [0.2, 0.25) is 0 Å². The molecule has 1 saturated carbocycles. The largest absolute Gasteiger partial charge is 0.456 e. The number of allylic oxidation sites excluding steroid dienone is 2. The normalized spacial score (nSPS) is 33.8. The van der Waals surface area contributed by atoms with Gasteiger partial charge in [-0.25, -0.2) is 4.79 Å². The van der Waals surface area contributed by atoms with Gasteiger partial charge in [-0.05, 0) is 115 Å². The topological polar surface area (TPSA) is 213 Å². The SMILES string of the molecule is CO[C@@H]1CCC[C@@H](OC)C[C@@H](C)C(O)(O)C(=O)C(=O)N2CCCC[C@H]2C(=O)O[C@H](/C(C)=C/[C@@H]2CC[C@@H](O)[C@H](OC)C2)[C@H](C)[C@@H](O)CC(=O)[C@H](CCCc2cccc[n+]2O)/C=C(\C)C1. The molecule has 354 valence electrons. The minimum Gasteiger partial charge on any atom is -0.456 e. The van der Waals surface area contributed by atoms with Gasteiger partial charge in [0.15, 0.2) is 0 Å². The van der Waals surface area contributed by atoms with Gasteiger partial charge in [0.1, 0.15) is 17.9 Å². The van der Waals surface area contributed by atoms with E-state index in [1.54, 1.807) is 40.3 Å². The van der Waals surface area contributed by atoms with Gasteiger partial charge in [0, 0.05) is 75.3 Å². The number of esters is 1. The highest BCUT2D eigenvalue weighted by Crippen LogP contribution is 2.33. The molecule has 15 heteroatoms. The fourth-order valence-electron chi connectivity index (χ4n) is 9.56. The second-order valence-corrected chi connectivity index (χ2v) is 18.4. The summed E-state index contributed by atoms with van der Waals surface area (Å²) in [5.41, 5.74) is 2.23. The molecular formula is C48H75N2O13+. The number of Topliss-reactive ketones (excluding diaryl/α,β-unsaturated/α-hetero) is 2. The van der Waals surface area contributed by atoms with Crippen LogP contribution in [0.15, 0.2) is 47.7 Å². The van der Waals surface area contributed by atoms with E-state index in [4.69, 9.17) is 18.9 Å². The predicted octanol–water partition coefficient (Wildman–Crippen LogP) is 4.35. The number of rotatable bonds is 9. The smallest absolute Gasteiger partial charge is 0.329 e. The molecule has 3 heterocycles. The van der Waals surface area contributed by atoms with Crippen molar-refractivity contribution in [3.05, 3.63) is 53.4 Å². The first-order chi connectivity index (χ1) is 29.9. The fourth-order valence-corrected chi connectivity index (χ4v) is 9.56. The number of cyclic esters (lactones) is 1. The number of aryl methyl sites for hydroxylation is 1. The third kappa shape index (κ3) is 14.5. The number of carbonyl (C=O) groups excluding carboxylic acids is 4. The lowest BCUT2D eigenvalue weighted by Gasteiger charge is -2.38. The molecule has 1 aromatic rings. The number of piperidine rings is 1. The molecule has 2 aliphatic heterocycles. The van der Waals surface area contributed by atoms with Gasteiger partial charge in [0.2, 0.25) is 17.7 Å². The standard InChI is InChI=1S/C48H75N2O13/c1-30-24-35(14-12-16-36-15-8-11-23-50(36)59)42(53)29-41(52)33(4)44(31(2)26-34-20-21-40(51)43(28-34)62-7)63-47(56)39-19-9-10-22-49(39)46(55)45(54)48(57,58)32(3)27-38(61-6)18-13-17-37(25-30)60-5/h8,11,15,23-24,26,32-35,37-41,43-44,51-52,57-59H,9-10,12-14,16-22,25,27-29H2,1-7H3/q+1/b30-24+,31-26+/t32-,33-,34+,35-,37-,38-,39+,40-,41+,43-,44-/m1/s1. The lowest BCUT2D eigenvalue weighted by Crippen LogP contribution is -2.58. The zero-order chi connectivity index (χ0) is 46.4.